The number of carboxylic acids is 1. The van der Waals surface area contributed by atoms with Crippen molar-refractivity contribution in [2.45, 2.75) is 6.92 Å². The van der Waals surface area contributed by atoms with Gasteiger partial charge in [0.1, 0.15) is 5.76 Å². The summed E-state index contributed by atoms with van der Waals surface area (Å²) in [6.07, 6.45) is 0. The average Bonchev–Trinajstić information content (AvgIpc) is 2.73. The van der Waals surface area contributed by atoms with Crippen molar-refractivity contribution in [3.63, 3.8) is 0 Å². The molecule has 0 atom stereocenters. The Labute approximate surface area is 119 Å². The minimum atomic E-state index is -0.982. The van der Waals surface area contributed by atoms with Crippen molar-refractivity contribution < 1.29 is 24.0 Å². The first-order valence-corrected chi connectivity index (χ1v) is 6.80. The Morgan fingerprint density at radius 3 is 2.70 bits per heavy atom. The quantitative estimate of drug-likeness (QED) is 0.739. The van der Waals surface area contributed by atoms with Crippen LogP contribution in [0.5, 0.6) is 0 Å². The summed E-state index contributed by atoms with van der Waals surface area (Å²) in [7, 11) is 1.47. The molecule has 0 aliphatic carbocycles. The molecule has 0 aromatic carbocycles. The van der Waals surface area contributed by atoms with Crippen LogP contribution in [0.25, 0.3) is 0 Å². The lowest BCUT2D eigenvalue weighted by Gasteiger charge is -2.15. The zero-order chi connectivity index (χ0) is 15.1. The minimum absolute atomic E-state index is 0.0130. The largest absolute Gasteiger partial charge is 0.481 e. The van der Waals surface area contributed by atoms with Crippen molar-refractivity contribution in [2.24, 2.45) is 0 Å². The third-order valence-corrected chi connectivity index (χ3v) is 3.06. The van der Waals surface area contributed by atoms with E-state index in [1.54, 1.807) is 13.0 Å². The van der Waals surface area contributed by atoms with Crippen molar-refractivity contribution in [3.8, 4) is 0 Å². The highest BCUT2D eigenvalue weighted by molar-refractivity contribution is 8.00. The number of hydrogen-bond donors (Lipinski definition) is 2. The van der Waals surface area contributed by atoms with E-state index < -0.39 is 11.9 Å². The van der Waals surface area contributed by atoms with Gasteiger partial charge in [-0.3, -0.25) is 14.4 Å². The van der Waals surface area contributed by atoms with Gasteiger partial charge in [0.15, 0.2) is 5.82 Å². The Morgan fingerprint density at radius 1 is 1.45 bits per heavy atom. The maximum atomic E-state index is 11.6. The SMILES string of the molecule is Cc1cc(NC(=O)CN(C)C(=O)CSCC(=O)O)no1. The Balaban J connectivity index is 2.33. The summed E-state index contributed by atoms with van der Waals surface area (Å²) in [5.74, 6) is -0.989. The molecule has 0 aliphatic heterocycles. The van der Waals surface area contributed by atoms with E-state index in [2.05, 4.69) is 10.5 Å². The summed E-state index contributed by atoms with van der Waals surface area (Å²) in [5.41, 5.74) is 0. The molecular weight excluding hydrogens is 286 g/mol. The zero-order valence-corrected chi connectivity index (χ0v) is 11.9. The molecule has 2 amide bonds. The van der Waals surface area contributed by atoms with Crippen molar-refractivity contribution in [2.75, 3.05) is 30.4 Å². The average molecular weight is 301 g/mol. The number of amides is 2. The molecule has 0 bridgehead atoms. The van der Waals surface area contributed by atoms with Gasteiger partial charge in [0.25, 0.3) is 0 Å². The fourth-order valence-corrected chi connectivity index (χ4v) is 1.92. The number of carbonyl (C=O) groups is 3. The monoisotopic (exact) mass is 301 g/mol. The highest BCUT2D eigenvalue weighted by Gasteiger charge is 2.14. The molecule has 2 N–H and O–H groups in total. The van der Waals surface area contributed by atoms with E-state index in [1.165, 1.54) is 11.9 Å². The molecule has 1 aromatic heterocycles. The molecule has 0 fully saturated rings. The second-order valence-corrected chi connectivity index (χ2v) is 4.99. The molecule has 0 saturated heterocycles. The van der Waals surface area contributed by atoms with Crippen LogP contribution < -0.4 is 5.32 Å². The van der Waals surface area contributed by atoms with Crippen molar-refractivity contribution >= 4 is 35.4 Å². The first-order chi connectivity index (χ1) is 9.38. The van der Waals surface area contributed by atoms with Crippen LogP contribution in [-0.4, -0.2) is 58.0 Å². The van der Waals surface area contributed by atoms with Gasteiger partial charge in [-0.05, 0) is 6.92 Å². The maximum Gasteiger partial charge on any atom is 0.313 e. The first kappa shape index (κ1) is 16.0. The van der Waals surface area contributed by atoms with E-state index in [-0.39, 0.29) is 29.8 Å². The van der Waals surface area contributed by atoms with E-state index in [4.69, 9.17) is 9.63 Å². The van der Waals surface area contributed by atoms with E-state index in [0.29, 0.717) is 5.76 Å². The van der Waals surface area contributed by atoms with Crippen LogP contribution >= 0.6 is 11.8 Å². The number of carboxylic acid groups (broad SMARTS) is 1. The van der Waals surface area contributed by atoms with E-state index in [0.717, 1.165) is 11.8 Å². The molecule has 0 aliphatic rings. The number of likely N-dealkylation sites (N-methyl/N-ethyl adjacent to an activating group) is 1. The van der Waals surface area contributed by atoms with Crippen molar-refractivity contribution in [1.29, 1.82) is 0 Å². The van der Waals surface area contributed by atoms with Gasteiger partial charge >= 0.3 is 5.97 Å². The molecule has 8 nitrogen and oxygen atoms in total. The summed E-state index contributed by atoms with van der Waals surface area (Å²) in [4.78, 5) is 34.8. The van der Waals surface area contributed by atoms with Crippen LogP contribution in [0.4, 0.5) is 5.82 Å². The molecule has 9 heteroatoms. The van der Waals surface area contributed by atoms with Gasteiger partial charge in [-0.15, -0.1) is 11.8 Å². The van der Waals surface area contributed by atoms with Gasteiger partial charge in [-0.1, -0.05) is 5.16 Å². The predicted molar refractivity (Wildman–Crippen MR) is 72.5 cm³/mol. The summed E-state index contributed by atoms with van der Waals surface area (Å²) < 4.78 is 4.79. The summed E-state index contributed by atoms with van der Waals surface area (Å²) in [6, 6.07) is 1.56. The number of aryl methyl sites for hydroxylation is 1. The maximum absolute atomic E-state index is 11.6. The minimum Gasteiger partial charge on any atom is -0.481 e. The summed E-state index contributed by atoms with van der Waals surface area (Å²) in [5, 5.41) is 14.5. The summed E-state index contributed by atoms with van der Waals surface area (Å²) in [6.45, 7) is 1.55. The number of nitrogens with zero attached hydrogens (tertiary/aromatic N) is 2. The smallest absolute Gasteiger partial charge is 0.313 e. The number of nitrogens with one attached hydrogen (secondary N) is 1. The second kappa shape index (κ2) is 7.53. The number of rotatable bonds is 7. The molecule has 1 rings (SSSR count). The lowest BCUT2D eigenvalue weighted by atomic mass is 10.4. The molecule has 0 saturated carbocycles. The highest BCUT2D eigenvalue weighted by Crippen LogP contribution is 2.07. The zero-order valence-electron chi connectivity index (χ0n) is 11.1. The molecular formula is C11H15N3O5S. The third kappa shape index (κ3) is 5.74. The van der Waals surface area contributed by atoms with Crippen molar-refractivity contribution in [3.05, 3.63) is 11.8 Å². The predicted octanol–water partition coefficient (Wildman–Crippen LogP) is 0.198. The molecule has 1 aromatic rings. The molecule has 0 unspecified atom stereocenters. The lowest BCUT2D eigenvalue weighted by molar-refractivity contribution is -0.133. The number of hydrogen-bond acceptors (Lipinski definition) is 6. The Morgan fingerprint density at radius 2 is 2.15 bits per heavy atom. The summed E-state index contributed by atoms with van der Waals surface area (Å²) >= 11 is 0.982. The van der Waals surface area contributed by atoms with E-state index in [1.807, 2.05) is 0 Å². The fourth-order valence-electron chi connectivity index (χ4n) is 1.25. The topological polar surface area (TPSA) is 113 Å². The van der Waals surface area contributed by atoms with Crippen LogP contribution in [0.2, 0.25) is 0 Å². The molecule has 110 valence electrons. The number of carbonyl (C=O) groups excluding carboxylic acids is 2. The number of aliphatic carboxylic acids is 1. The molecule has 0 spiro atoms. The molecule has 0 radical (unpaired) electrons. The normalized spacial score (nSPS) is 10.1. The van der Waals surface area contributed by atoms with Gasteiger partial charge in [0, 0.05) is 13.1 Å². The number of thioether (sulfide) groups is 1. The Bertz CT molecular complexity index is 502. The number of aromatic nitrogens is 1. The van der Waals surface area contributed by atoms with Crippen LogP contribution in [0.15, 0.2) is 10.6 Å². The van der Waals surface area contributed by atoms with E-state index in [9.17, 15) is 14.4 Å². The van der Waals surface area contributed by atoms with E-state index >= 15 is 0 Å². The van der Waals surface area contributed by atoms with Crippen LogP contribution in [0.1, 0.15) is 5.76 Å². The highest BCUT2D eigenvalue weighted by atomic mass is 32.2. The fraction of sp³-hybridized carbons (Fsp3) is 0.455. The van der Waals surface area contributed by atoms with Gasteiger partial charge in [-0.25, -0.2) is 0 Å². The van der Waals surface area contributed by atoms with Crippen LogP contribution in [0.3, 0.4) is 0 Å². The van der Waals surface area contributed by atoms with Crippen LogP contribution in [-0.2, 0) is 14.4 Å². The van der Waals surface area contributed by atoms with Crippen molar-refractivity contribution in [1.82, 2.24) is 10.1 Å². The number of anilines is 1. The first-order valence-electron chi connectivity index (χ1n) is 5.65. The Hall–Kier alpha value is -2.03. The molecule has 20 heavy (non-hydrogen) atoms. The lowest BCUT2D eigenvalue weighted by Crippen LogP contribution is -2.36. The third-order valence-electron chi connectivity index (χ3n) is 2.15. The van der Waals surface area contributed by atoms with Gasteiger partial charge < -0.3 is 19.8 Å². The standard InChI is InChI=1S/C11H15N3O5S/c1-7-3-8(13-19-7)12-9(15)4-14(2)10(16)5-20-6-11(17)18/h3H,4-6H2,1-2H3,(H,17,18)(H,12,13,15). The molecule has 1 heterocycles. The second-order valence-electron chi connectivity index (χ2n) is 4.01. The van der Waals surface area contributed by atoms with Crippen LogP contribution in [0, 0.1) is 6.92 Å². The van der Waals surface area contributed by atoms with Gasteiger partial charge in [0.2, 0.25) is 11.8 Å². The van der Waals surface area contributed by atoms with Gasteiger partial charge in [-0.2, -0.15) is 0 Å². The van der Waals surface area contributed by atoms with Gasteiger partial charge in [0.05, 0.1) is 18.1 Å². The Kier molecular flexibility index (Phi) is 6.04.